The number of halogens is 1. The average molecular weight is 459 g/mol. The summed E-state index contributed by atoms with van der Waals surface area (Å²) in [5, 5.41) is 3.25. The van der Waals surface area contributed by atoms with E-state index >= 15 is 0 Å². The summed E-state index contributed by atoms with van der Waals surface area (Å²) in [5.41, 5.74) is 0.770. The van der Waals surface area contributed by atoms with E-state index in [0.29, 0.717) is 42.6 Å². The minimum absolute atomic E-state index is 0.127. The van der Waals surface area contributed by atoms with Crippen LogP contribution in [-0.4, -0.2) is 48.8 Å². The molecule has 2 aromatic rings. The molecule has 0 radical (unpaired) electrons. The number of carbonyl (C=O) groups is 2. The first-order valence-corrected chi connectivity index (χ1v) is 10.4. The number of hydrogen-bond donors (Lipinski definition) is 1. The molecule has 1 saturated heterocycles. The predicted octanol–water partition coefficient (Wildman–Crippen LogP) is 3.54. The Balaban J connectivity index is 1.73. The summed E-state index contributed by atoms with van der Waals surface area (Å²) in [6.07, 6.45) is 2.30. The molecule has 1 N–H and O–H groups in total. The van der Waals surface area contributed by atoms with E-state index in [-0.39, 0.29) is 23.0 Å². The van der Waals surface area contributed by atoms with E-state index in [2.05, 4.69) is 5.32 Å². The third-order valence-corrected chi connectivity index (χ3v) is 4.95. The number of carbonyl (C=O) groups excluding carboxylic acids is 2. The largest absolute Gasteiger partial charge is 0.493 e. The van der Waals surface area contributed by atoms with Crippen molar-refractivity contribution in [3.63, 3.8) is 0 Å². The van der Waals surface area contributed by atoms with Crippen LogP contribution < -0.4 is 14.8 Å². The summed E-state index contributed by atoms with van der Waals surface area (Å²) in [7, 11) is 1.42. The van der Waals surface area contributed by atoms with Gasteiger partial charge in [0.2, 0.25) is 0 Å². The first kappa shape index (κ1) is 23.4. The van der Waals surface area contributed by atoms with Crippen molar-refractivity contribution >= 4 is 35.3 Å². The van der Waals surface area contributed by atoms with Gasteiger partial charge in [-0.1, -0.05) is 18.2 Å². The van der Waals surface area contributed by atoms with Gasteiger partial charge in [-0.15, -0.1) is 0 Å². The lowest BCUT2D eigenvalue weighted by Gasteiger charge is -2.13. The second kappa shape index (κ2) is 10.8. The molecule has 9 heteroatoms. The van der Waals surface area contributed by atoms with Gasteiger partial charge in [-0.2, -0.15) is 0 Å². The molecule has 0 aromatic heterocycles. The minimum Gasteiger partial charge on any atom is -0.493 e. The van der Waals surface area contributed by atoms with E-state index < -0.39 is 11.8 Å². The predicted molar refractivity (Wildman–Crippen MR) is 121 cm³/mol. The van der Waals surface area contributed by atoms with Gasteiger partial charge in [0.05, 0.1) is 12.7 Å². The Morgan fingerprint density at radius 1 is 1.22 bits per heavy atom. The number of benzene rings is 2. The topological polar surface area (TPSA) is 77.1 Å². The van der Waals surface area contributed by atoms with Crippen molar-refractivity contribution in [2.24, 2.45) is 0 Å². The normalized spacial score (nSPS) is 14.6. The molecule has 32 heavy (non-hydrogen) atoms. The van der Waals surface area contributed by atoms with Crippen LogP contribution in [0.5, 0.6) is 11.5 Å². The molecule has 0 aliphatic carbocycles. The molecular weight excluding hydrogens is 435 g/mol. The molecule has 1 aliphatic heterocycles. The number of thiocarbonyl (C=S) groups is 1. The van der Waals surface area contributed by atoms with Crippen LogP contribution in [0.15, 0.2) is 48.2 Å². The minimum atomic E-state index is -0.840. The summed E-state index contributed by atoms with van der Waals surface area (Å²) in [5.74, 6) is -1.37. The SMILES string of the molecule is CCOCCCN1C(=O)/C(=C\c2ccc(OC(=O)c3ccccc3F)c(OC)c2)NC1=S. The average Bonchev–Trinajstić information content (AvgIpc) is 3.05. The lowest BCUT2D eigenvalue weighted by atomic mass is 10.1. The van der Waals surface area contributed by atoms with Crippen LogP contribution in [0.2, 0.25) is 0 Å². The first-order chi connectivity index (χ1) is 15.4. The lowest BCUT2D eigenvalue weighted by molar-refractivity contribution is -0.122. The number of ether oxygens (including phenoxy) is 3. The van der Waals surface area contributed by atoms with E-state index in [4.69, 9.17) is 26.4 Å². The van der Waals surface area contributed by atoms with Crippen LogP contribution >= 0.6 is 12.2 Å². The van der Waals surface area contributed by atoms with Crippen LogP contribution in [0.1, 0.15) is 29.3 Å². The maximum atomic E-state index is 13.8. The number of esters is 1. The van der Waals surface area contributed by atoms with Gasteiger partial charge in [0.1, 0.15) is 11.5 Å². The van der Waals surface area contributed by atoms with Gasteiger partial charge in [-0.25, -0.2) is 9.18 Å². The fraction of sp³-hybridized carbons (Fsp3) is 0.261. The molecule has 7 nitrogen and oxygen atoms in total. The zero-order valence-electron chi connectivity index (χ0n) is 17.7. The number of rotatable bonds is 9. The van der Waals surface area contributed by atoms with E-state index in [0.717, 1.165) is 0 Å². The number of nitrogens with one attached hydrogen (secondary N) is 1. The molecular formula is C23H23FN2O5S. The lowest BCUT2D eigenvalue weighted by Crippen LogP contribution is -2.32. The van der Waals surface area contributed by atoms with E-state index in [9.17, 15) is 14.0 Å². The Bertz CT molecular complexity index is 1060. The number of amides is 1. The molecule has 168 valence electrons. The maximum Gasteiger partial charge on any atom is 0.346 e. The molecule has 0 saturated carbocycles. The second-order valence-corrected chi connectivity index (χ2v) is 7.16. The Morgan fingerprint density at radius 3 is 2.72 bits per heavy atom. The molecule has 0 unspecified atom stereocenters. The van der Waals surface area contributed by atoms with Crippen molar-refractivity contribution in [1.29, 1.82) is 0 Å². The number of nitrogens with zero attached hydrogens (tertiary/aromatic N) is 1. The van der Waals surface area contributed by atoms with Gasteiger partial charge in [0, 0.05) is 19.8 Å². The Kier molecular flexibility index (Phi) is 7.91. The van der Waals surface area contributed by atoms with Crippen LogP contribution in [0.4, 0.5) is 4.39 Å². The number of hydrogen-bond acceptors (Lipinski definition) is 6. The van der Waals surface area contributed by atoms with Crippen LogP contribution in [0.25, 0.3) is 6.08 Å². The van der Waals surface area contributed by atoms with Crippen LogP contribution in [-0.2, 0) is 9.53 Å². The summed E-state index contributed by atoms with van der Waals surface area (Å²) in [6, 6.07) is 10.3. The Labute approximate surface area is 190 Å². The van der Waals surface area contributed by atoms with Gasteiger partial charge in [0.15, 0.2) is 16.6 Å². The number of methoxy groups -OCH3 is 1. The van der Waals surface area contributed by atoms with Crippen LogP contribution in [0.3, 0.4) is 0 Å². The summed E-state index contributed by atoms with van der Waals surface area (Å²) >= 11 is 5.26. The molecule has 3 rings (SSSR count). The van der Waals surface area contributed by atoms with Crippen molar-refractivity contribution in [1.82, 2.24) is 10.2 Å². The molecule has 0 atom stereocenters. The standard InChI is InChI=1S/C23H23FN2O5S/c1-3-30-12-6-11-26-21(27)18(25-23(26)32)13-15-9-10-19(20(14-15)29-2)31-22(28)16-7-4-5-8-17(16)24/h4-5,7-10,13-14H,3,6,11-12H2,1-2H3,(H,25,32)/b18-13+. The van der Waals surface area contributed by atoms with E-state index in [1.54, 1.807) is 24.3 Å². The first-order valence-electron chi connectivity index (χ1n) is 10.0. The molecule has 1 aliphatic rings. The summed E-state index contributed by atoms with van der Waals surface area (Å²) in [4.78, 5) is 26.5. The fourth-order valence-corrected chi connectivity index (χ4v) is 3.33. The smallest absolute Gasteiger partial charge is 0.346 e. The van der Waals surface area contributed by atoms with Crippen molar-refractivity contribution in [3.05, 3.63) is 65.1 Å². The third-order valence-electron chi connectivity index (χ3n) is 4.63. The highest BCUT2D eigenvalue weighted by atomic mass is 32.1. The van der Waals surface area contributed by atoms with Gasteiger partial charge in [-0.05, 0) is 61.5 Å². The molecule has 0 spiro atoms. The molecule has 1 amide bonds. The zero-order valence-corrected chi connectivity index (χ0v) is 18.5. The zero-order chi connectivity index (χ0) is 23.1. The van der Waals surface area contributed by atoms with Crippen molar-refractivity contribution in [3.8, 4) is 11.5 Å². The second-order valence-electron chi connectivity index (χ2n) is 6.78. The summed E-state index contributed by atoms with van der Waals surface area (Å²) in [6.45, 7) is 3.53. The van der Waals surface area contributed by atoms with Crippen LogP contribution in [0, 0.1) is 5.82 Å². The monoisotopic (exact) mass is 458 g/mol. The molecule has 2 aromatic carbocycles. The highest BCUT2D eigenvalue weighted by molar-refractivity contribution is 7.80. The highest BCUT2D eigenvalue weighted by Crippen LogP contribution is 2.30. The fourth-order valence-electron chi connectivity index (χ4n) is 3.05. The Morgan fingerprint density at radius 2 is 2.00 bits per heavy atom. The van der Waals surface area contributed by atoms with Crippen molar-refractivity contribution in [2.75, 3.05) is 26.9 Å². The summed E-state index contributed by atoms with van der Waals surface area (Å²) < 4.78 is 29.7. The van der Waals surface area contributed by atoms with Gasteiger partial charge in [-0.3, -0.25) is 9.69 Å². The van der Waals surface area contributed by atoms with Crippen molar-refractivity contribution in [2.45, 2.75) is 13.3 Å². The Hall–Kier alpha value is -3.30. The van der Waals surface area contributed by atoms with Crippen molar-refractivity contribution < 1.29 is 28.2 Å². The molecule has 0 bridgehead atoms. The maximum absolute atomic E-state index is 13.8. The quantitative estimate of drug-likeness (QED) is 0.203. The van der Waals surface area contributed by atoms with E-state index in [1.165, 1.54) is 36.3 Å². The van der Waals surface area contributed by atoms with Gasteiger partial charge >= 0.3 is 5.97 Å². The molecule has 1 heterocycles. The van der Waals surface area contributed by atoms with E-state index in [1.807, 2.05) is 6.92 Å². The highest BCUT2D eigenvalue weighted by Gasteiger charge is 2.30. The van der Waals surface area contributed by atoms with Gasteiger partial charge < -0.3 is 19.5 Å². The molecule has 1 fully saturated rings. The third kappa shape index (κ3) is 5.49. The van der Waals surface area contributed by atoms with Gasteiger partial charge in [0.25, 0.3) is 5.91 Å².